The van der Waals surface area contributed by atoms with E-state index >= 15 is 0 Å². The van der Waals surface area contributed by atoms with Crippen molar-refractivity contribution >= 4 is 33.4 Å². The molecule has 0 saturated carbocycles. The molecule has 5 rings (SSSR count). The molecule has 0 bridgehead atoms. The highest BCUT2D eigenvalue weighted by Gasteiger charge is 2.33. The molecule has 3 aromatic rings. The summed E-state index contributed by atoms with van der Waals surface area (Å²) in [6.07, 6.45) is 4.37. The summed E-state index contributed by atoms with van der Waals surface area (Å²) in [5, 5.41) is 0.645. The van der Waals surface area contributed by atoms with Crippen molar-refractivity contribution in [2.24, 2.45) is 0 Å². The van der Waals surface area contributed by atoms with E-state index in [1.807, 2.05) is 36.4 Å². The Morgan fingerprint density at radius 2 is 1.67 bits per heavy atom. The van der Waals surface area contributed by atoms with Crippen LogP contribution in [-0.2, 0) is 16.1 Å². The van der Waals surface area contributed by atoms with Crippen LogP contribution in [0.5, 0.6) is 10.9 Å². The molecule has 0 radical (unpaired) electrons. The number of thiazole rings is 1. The Kier molecular flexibility index (Phi) is 5.06. The maximum Gasteiger partial charge on any atom is 0.279 e. The van der Waals surface area contributed by atoms with Crippen molar-refractivity contribution in [3.05, 3.63) is 66.2 Å². The van der Waals surface area contributed by atoms with Gasteiger partial charge >= 0.3 is 0 Å². The first-order chi connectivity index (χ1) is 14.7. The Bertz CT molecular complexity index is 1060. The first-order valence-corrected chi connectivity index (χ1v) is 10.9. The van der Waals surface area contributed by atoms with Crippen LogP contribution in [0, 0.1) is 0 Å². The third-order valence-corrected chi connectivity index (χ3v) is 6.49. The Balaban J connectivity index is 1.16. The van der Waals surface area contributed by atoms with Gasteiger partial charge in [0.15, 0.2) is 0 Å². The average Bonchev–Trinajstić information content (AvgIpc) is 3.32. The molecule has 7 heteroatoms. The van der Waals surface area contributed by atoms with Crippen molar-refractivity contribution in [1.29, 1.82) is 0 Å². The van der Waals surface area contributed by atoms with Gasteiger partial charge in [-0.15, -0.1) is 0 Å². The quantitative estimate of drug-likeness (QED) is 0.586. The number of amides is 2. The van der Waals surface area contributed by atoms with Crippen molar-refractivity contribution < 1.29 is 14.3 Å². The number of hydrogen-bond acceptors (Lipinski definition) is 6. The Morgan fingerprint density at radius 1 is 0.967 bits per heavy atom. The van der Waals surface area contributed by atoms with Crippen molar-refractivity contribution in [2.45, 2.75) is 25.4 Å². The lowest BCUT2D eigenvalue weighted by molar-refractivity contribution is -0.140. The number of imide groups is 1. The van der Waals surface area contributed by atoms with Gasteiger partial charge in [0.2, 0.25) is 0 Å². The highest BCUT2D eigenvalue weighted by Crippen LogP contribution is 2.31. The van der Waals surface area contributed by atoms with Gasteiger partial charge in [-0.1, -0.05) is 35.6 Å². The Hall–Kier alpha value is -3.03. The van der Waals surface area contributed by atoms with Crippen molar-refractivity contribution in [3.63, 3.8) is 0 Å². The number of carbonyl (C=O) groups is 2. The van der Waals surface area contributed by atoms with Gasteiger partial charge in [0.1, 0.15) is 5.75 Å². The van der Waals surface area contributed by atoms with Crippen LogP contribution in [0.25, 0.3) is 10.2 Å². The first-order valence-electron chi connectivity index (χ1n) is 10.1. The molecule has 2 aliphatic rings. The van der Waals surface area contributed by atoms with Gasteiger partial charge < -0.3 is 4.74 Å². The summed E-state index contributed by atoms with van der Waals surface area (Å²) >= 11 is 1.54. The van der Waals surface area contributed by atoms with Crippen LogP contribution in [0.4, 0.5) is 0 Å². The van der Waals surface area contributed by atoms with Crippen molar-refractivity contribution in [1.82, 2.24) is 14.8 Å². The van der Waals surface area contributed by atoms with E-state index in [0.29, 0.717) is 5.19 Å². The normalized spacial score (nSPS) is 17.9. The minimum atomic E-state index is -0.179. The molecular weight excluding hydrogens is 398 g/mol. The number of benzene rings is 2. The lowest BCUT2D eigenvalue weighted by Gasteiger charge is -2.35. The number of para-hydroxylation sites is 1. The Morgan fingerprint density at radius 3 is 2.37 bits per heavy atom. The lowest BCUT2D eigenvalue weighted by atomic mass is 10.0. The minimum absolute atomic E-state index is 0.0147. The zero-order valence-electron chi connectivity index (χ0n) is 16.4. The van der Waals surface area contributed by atoms with E-state index < -0.39 is 0 Å². The molecule has 0 atom stereocenters. The number of nitrogens with zero attached hydrogens (tertiary/aromatic N) is 3. The topological polar surface area (TPSA) is 62.7 Å². The second-order valence-corrected chi connectivity index (χ2v) is 8.57. The van der Waals surface area contributed by atoms with E-state index in [1.165, 1.54) is 34.0 Å². The second-order valence-electron chi connectivity index (χ2n) is 7.58. The predicted molar refractivity (Wildman–Crippen MR) is 115 cm³/mol. The van der Waals surface area contributed by atoms with E-state index in [4.69, 9.17) is 4.74 Å². The molecule has 30 heavy (non-hydrogen) atoms. The second kappa shape index (κ2) is 8.01. The SMILES string of the molecule is O=C1C=CC(=O)N1C1CCN(Cc2ccc(Oc3nc4ccccc4s3)cc2)CC1. The van der Waals surface area contributed by atoms with Gasteiger partial charge in [0, 0.05) is 37.8 Å². The first kappa shape index (κ1) is 19.0. The van der Waals surface area contributed by atoms with Gasteiger partial charge in [-0.2, -0.15) is 0 Å². The number of carbonyl (C=O) groups excluding carboxylic acids is 2. The van der Waals surface area contributed by atoms with Crippen LogP contribution >= 0.6 is 11.3 Å². The molecule has 0 aliphatic carbocycles. The van der Waals surface area contributed by atoms with Gasteiger partial charge in [-0.05, 0) is 42.7 Å². The number of rotatable bonds is 5. The monoisotopic (exact) mass is 419 g/mol. The number of aromatic nitrogens is 1. The van der Waals surface area contributed by atoms with Crippen molar-refractivity contribution in [2.75, 3.05) is 13.1 Å². The fraction of sp³-hybridized carbons (Fsp3) is 0.261. The predicted octanol–water partition coefficient (Wildman–Crippen LogP) is 3.98. The van der Waals surface area contributed by atoms with E-state index in [2.05, 4.69) is 22.0 Å². The standard InChI is InChI=1S/C23H21N3O3S/c27-21-9-10-22(28)26(21)17-11-13-25(14-12-17)15-16-5-7-18(8-6-16)29-23-24-19-3-1-2-4-20(19)30-23/h1-10,17H,11-15H2. The van der Waals surface area contributed by atoms with Crippen LogP contribution in [-0.4, -0.2) is 45.7 Å². The zero-order valence-corrected chi connectivity index (χ0v) is 17.2. The van der Waals surface area contributed by atoms with Gasteiger partial charge in [-0.3, -0.25) is 19.4 Å². The summed E-state index contributed by atoms with van der Waals surface area (Å²) < 4.78 is 7.03. The average molecular weight is 420 g/mol. The van der Waals surface area contributed by atoms with E-state index in [1.54, 1.807) is 0 Å². The molecule has 2 aromatic carbocycles. The molecular formula is C23H21N3O3S. The summed E-state index contributed by atoms with van der Waals surface area (Å²) in [6.45, 7) is 2.58. The van der Waals surface area contributed by atoms with E-state index in [-0.39, 0.29) is 17.9 Å². The molecule has 1 aromatic heterocycles. The minimum Gasteiger partial charge on any atom is -0.431 e. The molecule has 1 saturated heterocycles. The summed E-state index contributed by atoms with van der Waals surface area (Å²) in [5.74, 6) is 0.416. The molecule has 152 valence electrons. The molecule has 2 aliphatic heterocycles. The number of ether oxygens (including phenoxy) is 1. The van der Waals surface area contributed by atoms with Gasteiger partial charge in [0.25, 0.3) is 17.0 Å². The summed E-state index contributed by atoms with van der Waals surface area (Å²) in [4.78, 5) is 32.0. The fourth-order valence-corrected chi connectivity index (χ4v) is 4.86. The smallest absolute Gasteiger partial charge is 0.279 e. The van der Waals surface area contributed by atoms with Gasteiger partial charge in [0.05, 0.1) is 10.2 Å². The maximum atomic E-state index is 11.9. The maximum absolute atomic E-state index is 11.9. The Labute approximate surface area is 178 Å². The third kappa shape index (κ3) is 3.86. The summed E-state index contributed by atoms with van der Waals surface area (Å²) in [7, 11) is 0. The highest BCUT2D eigenvalue weighted by molar-refractivity contribution is 7.20. The summed E-state index contributed by atoms with van der Waals surface area (Å²) in [5.41, 5.74) is 2.16. The van der Waals surface area contributed by atoms with Crippen LogP contribution < -0.4 is 4.74 Å². The number of piperidine rings is 1. The molecule has 0 spiro atoms. The number of hydrogen-bond donors (Lipinski definition) is 0. The van der Waals surface area contributed by atoms with Crippen LogP contribution in [0.3, 0.4) is 0 Å². The number of likely N-dealkylation sites (tertiary alicyclic amines) is 1. The fourth-order valence-electron chi connectivity index (χ4n) is 4.02. The van der Waals surface area contributed by atoms with Crippen LogP contribution in [0.2, 0.25) is 0 Å². The lowest BCUT2D eigenvalue weighted by Crippen LogP contribution is -2.47. The van der Waals surface area contributed by atoms with Crippen LogP contribution in [0.1, 0.15) is 18.4 Å². The highest BCUT2D eigenvalue weighted by atomic mass is 32.1. The molecule has 1 fully saturated rings. The van der Waals surface area contributed by atoms with E-state index in [9.17, 15) is 9.59 Å². The van der Waals surface area contributed by atoms with E-state index in [0.717, 1.165) is 48.4 Å². The molecule has 6 nitrogen and oxygen atoms in total. The third-order valence-electron chi connectivity index (χ3n) is 5.57. The number of fused-ring (bicyclic) bond motifs is 1. The largest absolute Gasteiger partial charge is 0.431 e. The summed E-state index contributed by atoms with van der Waals surface area (Å²) in [6, 6.07) is 16.1. The molecule has 0 unspecified atom stereocenters. The molecule has 2 amide bonds. The van der Waals surface area contributed by atoms with Crippen molar-refractivity contribution in [3.8, 4) is 10.9 Å². The zero-order chi connectivity index (χ0) is 20.5. The van der Waals surface area contributed by atoms with Gasteiger partial charge in [-0.25, -0.2) is 4.98 Å². The van der Waals surface area contributed by atoms with Crippen LogP contribution in [0.15, 0.2) is 60.7 Å². The molecule has 0 N–H and O–H groups in total. The molecule has 3 heterocycles.